The van der Waals surface area contributed by atoms with Gasteiger partial charge in [-0.15, -0.1) is 0 Å². The van der Waals surface area contributed by atoms with Crippen LogP contribution in [0.2, 0.25) is 0 Å². The number of aromatic carboxylic acids is 1. The molecule has 2 N–H and O–H groups in total. The minimum absolute atomic E-state index is 0.190. The molecule has 0 fully saturated rings. The van der Waals surface area contributed by atoms with Crippen molar-refractivity contribution in [1.82, 2.24) is 5.43 Å². The predicted octanol–water partition coefficient (Wildman–Crippen LogP) is 5.44. The van der Waals surface area contributed by atoms with Crippen molar-refractivity contribution >= 4 is 34.0 Å². The fraction of sp³-hybridized carbons (Fsp3) is 0.125. The molecule has 176 valence electrons. The zero-order valence-corrected chi connectivity index (χ0v) is 19.1. The standard InChI is InChI=1S/C24H18BrF3N2O4/c25-20-11-17(6-9-21(20)34-14-15-4-7-18(8-5-15)23(32)33)13-29-30-22(31)12-16-2-1-3-19(10-16)24(26,27)28/h1-11,13H,12,14H2,(H,30,31)(H,32,33)/b29-13+. The molecule has 10 heteroatoms. The largest absolute Gasteiger partial charge is 0.488 e. The summed E-state index contributed by atoms with van der Waals surface area (Å²) in [5.74, 6) is -1.00. The van der Waals surface area contributed by atoms with Crippen LogP contribution in [0.5, 0.6) is 5.75 Å². The summed E-state index contributed by atoms with van der Waals surface area (Å²) in [6.45, 7) is 0.234. The summed E-state index contributed by atoms with van der Waals surface area (Å²) in [4.78, 5) is 22.9. The van der Waals surface area contributed by atoms with Crippen molar-refractivity contribution in [2.45, 2.75) is 19.2 Å². The Morgan fingerprint density at radius 1 is 1.03 bits per heavy atom. The smallest absolute Gasteiger partial charge is 0.416 e. The second kappa shape index (κ2) is 11.0. The fourth-order valence-corrected chi connectivity index (χ4v) is 3.39. The van der Waals surface area contributed by atoms with E-state index in [-0.39, 0.29) is 24.2 Å². The second-order valence-corrected chi connectivity index (χ2v) is 8.00. The van der Waals surface area contributed by atoms with Gasteiger partial charge in [0.05, 0.1) is 28.2 Å². The van der Waals surface area contributed by atoms with Gasteiger partial charge in [-0.05, 0) is 69.0 Å². The first-order chi connectivity index (χ1) is 16.1. The summed E-state index contributed by atoms with van der Waals surface area (Å²) in [5, 5.41) is 12.8. The van der Waals surface area contributed by atoms with Gasteiger partial charge in [0.1, 0.15) is 12.4 Å². The van der Waals surface area contributed by atoms with Crippen LogP contribution in [0.4, 0.5) is 13.2 Å². The Balaban J connectivity index is 1.53. The van der Waals surface area contributed by atoms with Crippen LogP contribution in [0.15, 0.2) is 76.3 Å². The zero-order chi connectivity index (χ0) is 24.7. The summed E-state index contributed by atoms with van der Waals surface area (Å²) in [6.07, 6.45) is -3.33. The van der Waals surface area contributed by atoms with Gasteiger partial charge >= 0.3 is 12.1 Å². The molecule has 0 saturated heterocycles. The first kappa shape index (κ1) is 25.0. The number of nitrogens with one attached hydrogen (secondary N) is 1. The van der Waals surface area contributed by atoms with E-state index in [1.165, 1.54) is 30.5 Å². The minimum Gasteiger partial charge on any atom is -0.488 e. The van der Waals surface area contributed by atoms with Crippen molar-refractivity contribution < 1.29 is 32.6 Å². The van der Waals surface area contributed by atoms with Crippen LogP contribution in [-0.4, -0.2) is 23.2 Å². The Bertz CT molecular complexity index is 1210. The van der Waals surface area contributed by atoms with Gasteiger partial charge in [-0.3, -0.25) is 4.79 Å². The Morgan fingerprint density at radius 3 is 2.41 bits per heavy atom. The van der Waals surface area contributed by atoms with E-state index in [1.54, 1.807) is 30.3 Å². The maximum Gasteiger partial charge on any atom is 0.416 e. The number of hydrazone groups is 1. The number of carboxylic acid groups (broad SMARTS) is 1. The molecule has 34 heavy (non-hydrogen) atoms. The monoisotopic (exact) mass is 534 g/mol. The van der Waals surface area contributed by atoms with E-state index in [0.29, 0.717) is 15.8 Å². The predicted molar refractivity (Wildman–Crippen MR) is 123 cm³/mol. The highest BCUT2D eigenvalue weighted by molar-refractivity contribution is 9.10. The second-order valence-electron chi connectivity index (χ2n) is 7.15. The third kappa shape index (κ3) is 7.17. The van der Waals surface area contributed by atoms with Crippen molar-refractivity contribution in [2.75, 3.05) is 0 Å². The maximum absolute atomic E-state index is 12.8. The molecule has 3 rings (SSSR count). The Hall–Kier alpha value is -3.66. The molecule has 0 saturated carbocycles. The number of ether oxygens (including phenoxy) is 1. The van der Waals surface area contributed by atoms with Crippen molar-refractivity contribution in [1.29, 1.82) is 0 Å². The number of benzene rings is 3. The van der Waals surface area contributed by atoms with Crippen LogP contribution < -0.4 is 10.2 Å². The first-order valence-corrected chi connectivity index (χ1v) is 10.6. The first-order valence-electron chi connectivity index (χ1n) is 9.84. The Labute approximate surface area is 201 Å². The van der Waals surface area contributed by atoms with Gasteiger partial charge < -0.3 is 9.84 Å². The molecular formula is C24H18BrF3N2O4. The number of amides is 1. The zero-order valence-electron chi connectivity index (χ0n) is 17.5. The van der Waals surface area contributed by atoms with E-state index in [0.717, 1.165) is 17.7 Å². The summed E-state index contributed by atoms with van der Waals surface area (Å²) >= 11 is 3.40. The SMILES string of the molecule is O=C(Cc1cccc(C(F)(F)F)c1)N/N=C/c1ccc(OCc2ccc(C(=O)O)cc2)c(Br)c1. The average molecular weight is 535 g/mol. The molecule has 0 aromatic heterocycles. The van der Waals surface area contributed by atoms with Crippen molar-refractivity contribution in [3.05, 3.63) is 99.0 Å². The van der Waals surface area contributed by atoms with Gasteiger partial charge in [0.2, 0.25) is 5.91 Å². The molecule has 3 aromatic rings. The Morgan fingerprint density at radius 2 is 1.76 bits per heavy atom. The van der Waals surface area contributed by atoms with Crippen LogP contribution in [0, 0.1) is 0 Å². The number of carboxylic acids is 1. The molecule has 0 bridgehead atoms. The molecule has 0 aliphatic rings. The molecule has 1 amide bonds. The van der Waals surface area contributed by atoms with E-state index in [9.17, 15) is 22.8 Å². The van der Waals surface area contributed by atoms with Gasteiger partial charge in [0.25, 0.3) is 0 Å². The summed E-state index contributed by atoms with van der Waals surface area (Å²) in [5.41, 5.74) is 3.33. The van der Waals surface area contributed by atoms with Crippen LogP contribution >= 0.6 is 15.9 Å². The molecular weight excluding hydrogens is 517 g/mol. The van der Waals surface area contributed by atoms with Crippen LogP contribution in [0.25, 0.3) is 0 Å². The number of nitrogens with zero attached hydrogens (tertiary/aromatic N) is 1. The number of carbonyl (C=O) groups is 2. The molecule has 0 aliphatic carbocycles. The van der Waals surface area contributed by atoms with E-state index in [4.69, 9.17) is 9.84 Å². The fourth-order valence-electron chi connectivity index (χ4n) is 2.88. The maximum atomic E-state index is 12.8. The van der Waals surface area contributed by atoms with Gasteiger partial charge in [-0.1, -0.05) is 30.3 Å². The highest BCUT2D eigenvalue weighted by atomic mass is 79.9. The number of hydrogen-bond donors (Lipinski definition) is 2. The van der Waals surface area contributed by atoms with Crippen molar-refractivity contribution in [3.8, 4) is 5.75 Å². The number of halogens is 4. The van der Waals surface area contributed by atoms with Crippen molar-refractivity contribution in [3.63, 3.8) is 0 Å². The van der Waals surface area contributed by atoms with E-state index < -0.39 is 23.6 Å². The van der Waals surface area contributed by atoms with Crippen LogP contribution in [-0.2, 0) is 24.0 Å². The third-order valence-corrected chi connectivity index (χ3v) is 5.19. The lowest BCUT2D eigenvalue weighted by Gasteiger charge is -2.09. The molecule has 3 aromatic carbocycles. The molecule has 0 atom stereocenters. The van der Waals surface area contributed by atoms with Gasteiger partial charge in [0.15, 0.2) is 0 Å². The van der Waals surface area contributed by atoms with Gasteiger partial charge in [-0.25, -0.2) is 10.2 Å². The van der Waals surface area contributed by atoms with Crippen molar-refractivity contribution in [2.24, 2.45) is 5.10 Å². The number of alkyl halides is 3. The number of rotatable bonds is 8. The lowest BCUT2D eigenvalue weighted by atomic mass is 10.1. The normalized spacial score (nSPS) is 11.4. The highest BCUT2D eigenvalue weighted by Gasteiger charge is 2.30. The molecule has 0 spiro atoms. The van der Waals surface area contributed by atoms with Crippen LogP contribution in [0.1, 0.15) is 32.6 Å². The molecule has 0 radical (unpaired) electrons. The highest BCUT2D eigenvalue weighted by Crippen LogP contribution is 2.29. The number of hydrogen-bond acceptors (Lipinski definition) is 4. The van der Waals surface area contributed by atoms with E-state index in [1.807, 2.05) is 0 Å². The molecule has 6 nitrogen and oxygen atoms in total. The lowest BCUT2D eigenvalue weighted by molar-refractivity contribution is -0.137. The summed E-state index contributed by atoms with van der Waals surface area (Å²) in [7, 11) is 0. The Kier molecular flexibility index (Phi) is 8.06. The van der Waals surface area contributed by atoms with Crippen LogP contribution in [0.3, 0.4) is 0 Å². The third-order valence-electron chi connectivity index (χ3n) is 4.57. The number of carbonyl (C=O) groups excluding carboxylic acids is 1. The quantitative estimate of drug-likeness (QED) is 0.297. The topological polar surface area (TPSA) is 88.0 Å². The molecule has 0 unspecified atom stereocenters. The molecule has 0 heterocycles. The van der Waals surface area contributed by atoms with E-state index in [2.05, 4.69) is 26.5 Å². The lowest BCUT2D eigenvalue weighted by Crippen LogP contribution is -2.20. The van der Waals surface area contributed by atoms with Gasteiger partial charge in [-0.2, -0.15) is 18.3 Å². The van der Waals surface area contributed by atoms with E-state index >= 15 is 0 Å². The summed E-state index contributed by atoms with van der Waals surface area (Å²) < 4.78 is 44.7. The summed E-state index contributed by atoms with van der Waals surface area (Å²) in [6, 6.07) is 16.0. The van der Waals surface area contributed by atoms with Gasteiger partial charge in [0, 0.05) is 0 Å². The minimum atomic E-state index is -4.47. The molecule has 0 aliphatic heterocycles. The average Bonchev–Trinajstić information content (AvgIpc) is 2.78.